The molecule has 0 spiro atoms. The number of hydrazine groups is 1. The zero-order chi connectivity index (χ0) is 20.2. The van der Waals surface area contributed by atoms with Crippen LogP contribution in [0, 0.1) is 30.6 Å². The molecule has 2 saturated carbocycles. The highest BCUT2D eigenvalue weighted by atomic mass is 16.5. The van der Waals surface area contributed by atoms with Crippen molar-refractivity contribution in [3.05, 3.63) is 41.0 Å². The van der Waals surface area contributed by atoms with Gasteiger partial charge in [0.05, 0.1) is 11.8 Å². The lowest BCUT2D eigenvalue weighted by atomic mass is 9.81. The van der Waals surface area contributed by atoms with E-state index in [0.717, 1.165) is 23.4 Å². The van der Waals surface area contributed by atoms with Crippen molar-refractivity contribution in [1.82, 2.24) is 10.4 Å². The van der Waals surface area contributed by atoms with E-state index < -0.39 is 12.0 Å². The lowest BCUT2D eigenvalue weighted by molar-refractivity contribution is -0.151. The maximum absolute atomic E-state index is 12.9. The summed E-state index contributed by atoms with van der Waals surface area (Å²) in [7, 11) is 0. The van der Waals surface area contributed by atoms with E-state index in [1.807, 2.05) is 19.1 Å². The van der Waals surface area contributed by atoms with Gasteiger partial charge < -0.3 is 4.74 Å². The average molecular weight is 382 g/mol. The van der Waals surface area contributed by atoms with E-state index in [9.17, 15) is 14.4 Å². The highest BCUT2D eigenvalue weighted by Crippen LogP contribution is 2.59. The topological polar surface area (TPSA) is 75.7 Å². The van der Waals surface area contributed by atoms with Crippen LogP contribution in [0.2, 0.25) is 0 Å². The number of allylic oxidation sites excluding steroid dienone is 2. The van der Waals surface area contributed by atoms with Crippen LogP contribution >= 0.6 is 0 Å². The molecule has 28 heavy (non-hydrogen) atoms. The highest BCUT2D eigenvalue weighted by molar-refractivity contribution is 6.07. The summed E-state index contributed by atoms with van der Waals surface area (Å²) in [5.74, 6) is -0.880. The Balaban J connectivity index is 1.46. The minimum atomic E-state index is -0.825. The molecule has 1 N–H and O–H groups in total. The van der Waals surface area contributed by atoms with E-state index in [1.165, 1.54) is 11.1 Å². The van der Waals surface area contributed by atoms with Crippen LogP contribution in [0.4, 0.5) is 0 Å². The Bertz CT molecular complexity index is 837. The Labute approximate surface area is 164 Å². The first-order chi connectivity index (χ1) is 13.3. The van der Waals surface area contributed by atoms with Crippen LogP contribution in [0.3, 0.4) is 0 Å². The molecule has 1 heterocycles. The van der Waals surface area contributed by atoms with Crippen LogP contribution < -0.4 is 10.2 Å². The smallest absolute Gasteiger partial charge is 0.279 e. The Hall–Kier alpha value is -2.63. The third-order valence-corrected chi connectivity index (χ3v) is 6.35. The number of aryl methyl sites for hydroxylation is 1. The molecule has 5 atom stereocenters. The summed E-state index contributed by atoms with van der Waals surface area (Å²) in [5, 5.41) is 0.944. The van der Waals surface area contributed by atoms with Gasteiger partial charge in [0.1, 0.15) is 5.75 Å². The molecular weight excluding hydrogens is 356 g/mol. The molecule has 3 amide bonds. The minimum absolute atomic E-state index is 0.139. The van der Waals surface area contributed by atoms with Crippen LogP contribution in [-0.4, -0.2) is 28.8 Å². The van der Waals surface area contributed by atoms with Crippen molar-refractivity contribution in [3.8, 4) is 5.75 Å². The summed E-state index contributed by atoms with van der Waals surface area (Å²) in [4.78, 5) is 38.4. The molecular formula is C22H26N2O4. The van der Waals surface area contributed by atoms with Gasteiger partial charge in [0, 0.05) is 0 Å². The average Bonchev–Trinajstić information content (AvgIpc) is 3.29. The molecule has 3 aliphatic rings. The predicted octanol–water partition coefficient (Wildman–Crippen LogP) is 2.77. The molecule has 3 fully saturated rings. The predicted molar refractivity (Wildman–Crippen MR) is 103 cm³/mol. The van der Waals surface area contributed by atoms with Crippen molar-refractivity contribution in [2.75, 3.05) is 0 Å². The molecule has 0 radical (unpaired) electrons. The molecule has 2 bridgehead atoms. The maximum Gasteiger partial charge on any atom is 0.279 e. The van der Waals surface area contributed by atoms with Crippen molar-refractivity contribution in [2.24, 2.45) is 23.7 Å². The summed E-state index contributed by atoms with van der Waals surface area (Å²) in [6.45, 7) is 7.68. The van der Waals surface area contributed by atoms with Gasteiger partial charge in [-0.25, -0.2) is 0 Å². The van der Waals surface area contributed by atoms with E-state index in [-0.39, 0.29) is 35.5 Å². The van der Waals surface area contributed by atoms with Crippen molar-refractivity contribution in [1.29, 1.82) is 0 Å². The number of carbonyl (C=O) groups is 3. The van der Waals surface area contributed by atoms with Crippen molar-refractivity contribution in [3.63, 3.8) is 0 Å². The summed E-state index contributed by atoms with van der Waals surface area (Å²) >= 11 is 0. The van der Waals surface area contributed by atoms with Crippen LogP contribution in [-0.2, 0) is 14.4 Å². The lowest BCUT2D eigenvalue weighted by Crippen LogP contribution is -2.51. The number of imide groups is 1. The molecule has 1 aromatic carbocycles. The van der Waals surface area contributed by atoms with Crippen molar-refractivity contribution in [2.45, 2.75) is 46.6 Å². The number of amides is 3. The first-order valence-corrected chi connectivity index (χ1v) is 9.88. The first-order valence-electron chi connectivity index (χ1n) is 9.88. The highest BCUT2D eigenvalue weighted by Gasteiger charge is 2.63. The third-order valence-electron chi connectivity index (χ3n) is 6.35. The second-order valence-corrected chi connectivity index (χ2v) is 8.36. The first kappa shape index (κ1) is 18.7. The van der Waals surface area contributed by atoms with Gasteiger partial charge in [-0.15, -0.1) is 0 Å². The number of rotatable bonds is 4. The van der Waals surface area contributed by atoms with E-state index >= 15 is 0 Å². The normalized spacial score (nSPS) is 29.1. The molecule has 1 saturated heterocycles. The van der Waals surface area contributed by atoms with E-state index in [4.69, 9.17) is 4.74 Å². The van der Waals surface area contributed by atoms with Crippen molar-refractivity contribution < 1.29 is 19.1 Å². The second kappa shape index (κ2) is 6.76. The van der Waals surface area contributed by atoms with Gasteiger partial charge in [0.2, 0.25) is 0 Å². The van der Waals surface area contributed by atoms with Crippen molar-refractivity contribution >= 4 is 17.7 Å². The SMILES string of the molecule is CC(C)=C1[C@@H]2CC[C@@H]1[C@@H]1C(=O)N(NC(=O)[C@@H](C)Oc3ccc(C)cc3)C(=O)[C@H]12. The molecule has 148 valence electrons. The molecule has 1 aromatic rings. The summed E-state index contributed by atoms with van der Waals surface area (Å²) in [6, 6.07) is 7.36. The monoisotopic (exact) mass is 382 g/mol. The number of hydrogen-bond donors (Lipinski definition) is 1. The van der Waals surface area contributed by atoms with E-state index in [1.54, 1.807) is 19.1 Å². The molecule has 6 heteroatoms. The molecule has 0 aromatic heterocycles. The Morgan fingerprint density at radius 2 is 1.61 bits per heavy atom. The second-order valence-electron chi connectivity index (χ2n) is 8.36. The minimum Gasteiger partial charge on any atom is -0.481 e. The Morgan fingerprint density at radius 1 is 1.07 bits per heavy atom. The fourth-order valence-electron chi connectivity index (χ4n) is 5.18. The van der Waals surface area contributed by atoms with Gasteiger partial charge >= 0.3 is 0 Å². The number of nitrogens with zero attached hydrogens (tertiary/aromatic N) is 1. The van der Waals surface area contributed by atoms with Gasteiger partial charge in [-0.1, -0.05) is 28.8 Å². The van der Waals surface area contributed by atoms with Gasteiger partial charge in [0.25, 0.3) is 17.7 Å². The number of benzene rings is 1. The van der Waals surface area contributed by atoms with Crippen LogP contribution in [0.25, 0.3) is 0 Å². The van der Waals surface area contributed by atoms with E-state index in [2.05, 4.69) is 19.3 Å². The lowest BCUT2D eigenvalue weighted by Gasteiger charge is -2.22. The maximum atomic E-state index is 12.9. The van der Waals surface area contributed by atoms with Gasteiger partial charge in [0.15, 0.2) is 6.10 Å². The third kappa shape index (κ3) is 2.82. The Kier molecular flexibility index (Phi) is 4.52. The molecule has 6 nitrogen and oxygen atoms in total. The number of ether oxygens (including phenoxy) is 1. The summed E-state index contributed by atoms with van der Waals surface area (Å²) in [5.41, 5.74) is 6.11. The van der Waals surface area contributed by atoms with Crippen LogP contribution in [0.1, 0.15) is 39.2 Å². The molecule has 1 aliphatic heterocycles. The fourth-order valence-corrected chi connectivity index (χ4v) is 5.18. The quantitative estimate of drug-likeness (QED) is 0.642. The largest absolute Gasteiger partial charge is 0.481 e. The zero-order valence-electron chi connectivity index (χ0n) is 16.7. The Morgan fingerprint density at radius 3 is 2.11 bits per heavy atom. The fraction of sp³-hybridized carbons (Fsp3) is 0.500. The number of carbonyl (C=O) groups excluding carboxylic acids is 3. The zero-order valence-corrected chi connectivity index (χ0v) is 16.7. The molecule has 4 rings (SSSR count). The summed E-state index contributed by atoms with van der Waals surface area (Å²) in [6.07, 6.45) is 1.06. The van der Waals surface area contributed by atoms with Gasteiger partial charge in [-0.2, -0.15) is 5.01 Å². The van der Waals surface area contributed by atoms with Crippen LogP contribution in [0.15, 0.2) is 35.4 Å². The van der Waals surface area contributed by atoms with Crippen LogP contribution in [0.5, 0.6) is 5.75 Å². The number of nitrogens with one attached hydrogen (secondary N) is 1. The van der Waals surface area contributed by atoms with E-state index in [0.29, 0.717) is 5.75 Å². The van der Waals surface area contributed by atoms with Gasteiger partial charge in [-0.05, 0) is 64.5 Å². The standard InChI is InChI=1S/C22H26N2O4/c1-11(2)17-15-9-10-16(17)19-18(15)21(26)24(22(19)27)23-20(25)13(4)28-14-7-5-12(3)6-8-14/h5-8,13,15-16,18-19H,9-10H2,1-4H3,(H,23,25)/t13-,15+,16+,18+,19+/m1/s1. The number of fused-ring (bicyclic) bond motifs is 5. The van der Waals surface area contributed by atoms with Gasteiger partial charge in [-0.3, -0.25) is 19.8 Å². The molecule has 2 aliphatic carbocycles. The number of hydrogen-bond acceptors (Lipinski definition) is 4. The molecule has 0 unspecified atom stereocenters. The summed E-state index contributed by atoms with van der Waals surface area (Å²) < 4.78 is 5.64.